The number of amides is 1. The summed E-state index contributed by atoms with van der Waals surface area (Å²) in [6.07, 6.45) is 0. The number of aromatic nitrogens is 4. The normalized spacial score (nSPS) is 11.4. The van der Waals surface area contributed by atoms with Crippen molar-refractivity contribution in [3.63, 3.8) is 0 Å². The number of hydrogen-bond acceptors (Lipinski definition) is 5. The standard InChI is InChI=1S/C13H16FN5OS/c1-13(2,3)19-12(16-17-18-19)21-8-11(20)15-10-6-4-5-9(14)7-10/h4-7H,8H2,1-3H3,(H,15,20). The van der Waals surface area contributed by atoms with E-state index in [0.717, 1.165) is 0 Å². The zero-order valence-corrected chi connectivity index (χ0v) is 12.8. The number of nitrogens with zero attached hydrogens (tertiary/aromatic N) is 4. The summed E-state index contributed by atoms with van der Waals surface area (Å²) in [5, 5.41) is 14.6. The fourth-order valence-corrected chi connectivity index (χ4v) is 2.44. The SMILES string of the molecule is CC(C)(C)n1nnnc1SCC(=O)Nc1cccc(F)c1. The van der Waals surface area contributed by atoms with Gasteiger partial charge in [0.1, 0.15) is 5.82 Å². The van der Waals surface area contributed by atoms with Gasteiger partial charge in [0.25, 0.3) is 0 Å². The van der Waals surface area contributed by atoms with Gasteiger partial charge in [0, 0.05) is 5.69 Å². The van der Waals surface area contributed by atoms with E-state index >= 15 is 0 Å². The summed E-state index contributed by atoms with van der Waals surface area (Å²) in [5.74, 6) is -0.487. The summed E-state index contributed by atoms with van der Waals surface area (Å²) in [7, 11) is 0. The van der Waals surface area contributed by atoms with Gasteiger partial charge in [0.05, 0.1) is 11.3 Å². The highest BCUT2D eigenvalue weighted by molar-refractivity contribution is 7.99. The Bertz CT molecular complexity index is 637. The number of anilines is 1. The molecule has 1 N–H and O–H groups in total. The molecule has 0 aliphatic carbocycles. The Kier molecular flexibility index (Phi) is 4.56. The van der Waals surface area contributed by atoms with Crippen LogP contribution in [0, 0.1) is 5.82 Å². The highest BCUT2D eigenvalue weighted by atomic mass is 32.2. The fourth-order valence-electron chi connectivity index (χ4n) is 1.58. The second kappa shape index (κ2) is 6.21. The Hall–Kier alpha value is -1.96. The molecule has 1 aromatic heterocycles. The molecule has 8 heteroatoms. The van der Waals surface area contributed by atoms with Gasteiger partial charge in [-0.05, 0) is 49.4 Å². The van der Waals surface area contributed by atoms with Crippen molar-refractivity contribution in [1.82, 2.24) is 20.2 Å². The zero-order valence-electron chi connectivity index (χ0n) is 12.0. The molecule has 0 aliphatic heterocycles. The summed E-state index contributed by atoms with van der Waals surface area (Å²) in [4.78, 5) is 11.8. The summed E-state index contributed by atoms with van der Waals surface area (Å²) in [6.45, 7) is 5.92. The van der Waals surface area contributed by atoms with E-state index in [2.05, 4.69) is 20.8 Å². The highest BCUT2D eigenvalue weighted by Crippen LogP contribution is 2.21. The average Bonchev–Trinajstić information content (AvgIpc) is 2.84. The van der Waals surface area contributed by atoms with Crippen LogP contribution in [0.1, 0.15) is 20.8 Å². The first-order valence-corrected chi connectivity index (χ1v) is 7.32. The maximum Gasteiger partial charge on any atom is 0.234 e. The second-order valence-corrected chi connectivity index (χ2v) is 6.33. The summed E-state index contributed by atoms with van der Waals surface area (Å²) < 4.78 is 14.7. The van der Waals surface area contributed by atoms with Crippen LogP contribution < -0.4 is 5.32 Å². The number of thioether (sulfide) groups is 1. The van der Waals surface area contributed by atoms with Crippen molar-refractivity contribution in [2.45, 2.75) is 31.5 Å². The number of carbonyl (C=O) groups excluding carboxylic acids is 1. The lowest BCUT2D eigenvalue weighted by atomic mass is 10.1. The average molecular weight is 309 g/mol. The van der Waals surface area contributed by atoms with Gasteiger partial charge < -0.3 is 5.32 Å². The van der Waals surface area contributed by atoms with Gasteiger partial charge >= 0.3 is 0 Å². The zero-order chi connectivity index (χ0) is 15.5. The lowest BCUT2D eigenvalue weighted by molar-refractivity contribution is -0.113. The molecule has 1 aromatic carbocycles. The van der Waals surface area contributed by atoms with Gasteiger partial charge in [0.15, 0.2) is 0 Å². The van der Waals surface area contributed by atoms with E-state index in [0.29, 0.717) is 10.8 Å². The molecule has 21 heavy (non-hydrogen) atoms. The van der Waals surface area contributed by atoms with Crippen LogP contribution in [0.25, 0.3) is 0 Å². The van der Waals surface area contributed by atoms with Crippen LogP contribution in [0.2, 0.25) is 0 Å². The van der Waals surface area contributed by atoms with Gasteiger partial charge in [-0.3, -0.25) is 4.79 Å². The van der Waals surface area contributed by atoms with Crippen LogP contribution in [-0.4, -0.2) is 31.9 Å². The number of nitrogens with one attached hydrogen (secondary N) is 1. The van der Waals surface area contributed by atoms with Crippen molar-refractivity contribution in [1.29, 1.82) is 0 Å². The Balaban J connectivity index is 1.95. The van der Waals surface area contributed by atoms with Crippen molar-refractivity contribution in [2.75, 3.05) is 11.1 Å². The third-order valence-corrected chi connectivity index (χ3v) is 3.44. The lowest BCUT2D eigenvalue weighted by Gasteiger charge is -2.19. The first-order chi connectivity index (χ1) is 9.86. The predicted octanol–water partition coefficient (Wildman–Crippen LogP) is 2.30. The topological polar surface area (TPSA) is 72.7 Å². The van der Waals surface area contributed by atoms with E-state index in [1.165, 1.54) is 30.0 Å². The minimum absolute atomic E-state index is 0.146. The molecule has 1 heterocycles. The highest BCUT2D eigenvalue weighted by Gasteiger charge is 2.20. The molecular weight excluding hydrogens is 293 g/mol. The van der Waals surface area contributed by atoms with Crippen molar-refractivity contribution < 1.29 is 9.18 Å². The fraction of sp³-hybridized carbons (Fsp3) is 0.385. The van der Waals surface area contributed by atoms with Crippen molar-refractivity contribution in [3.8, 4) is 0 Å². The third-order valence-electron chi connectivity index (χ3n) is 2.52. The van der Waals surface area contributed by atoms with Gasteiger partial charge in [-0.15, -0.1) is 5.10 Å². The van der Waals surface area contributed by atoms with Crippen molar-refractivity contribution >= 4 is 23.4 Å². The van der Waals surface area contributed by atoms with Gasteiger partial charge in [-0.1, -0.05) is 17.8 Å². The number of tetrazole rings is 1. The van der Waals surface area contributed by atoms with E-state index in [9.17, 15) is 9.18 Å². The monoisotopic (exact) mass is 309 g/mol. The Morgan fingerprint density at radius 2 is 2.19 bits per heavy atom. The molecule has 0 saturated heterocycles. The van der Waals surface area contributed by atoms with E-state index in [1.54, 1.807) is 10.7 Å². The molecule has 6 nitrogen and oxygen atoms in total. The molecule has 0 saturated carbocycles. The molecule has 0 spiro atoms. The van der Waals surface area contributed by atoms with Crippen LogP contribution in [0.15, 0.2) is 29.4 Å². The Morgan fingerprint density at radius 1 is 1.43 bits per heavy atom. The first-order valence-electron chi connectivity index (χ1n) is 6.33. The number of hydrogen-bond donors (Lipinski definition) is 1. The lowest BCUT2D eigenvalue weighted by Crippen LogP contribution is -2.24. The van der Waals surface area contributed by atoms with Gasteiger partial charge in [-0.2, -0.15) is 0 Å². The van der Waals surface area contributed by atoms with Gasteiger partial charge in [-0.25, -0.2) is 9.07 Å². The predicted molar refractivity (Wildman–Crippen MR) is 78.6 cm³/mol. The van der Waals surface area contributed by atoms with Crippen LogP contribution in [0.3, 0.4) is 0 Å². The van der Waals surface area contributed by atoms with Crippen molar-refractivity contribution in [3.05, 3.63) is 30.1 Å². The van der Waals surface area contributed by atoms with Crippen LogP contribution >= 0.6 is 11.8 Å². The maximum absolute atomic E-state index is 13.0. The number of rotatable bonds is 4. The third kappa shape index (κ3) is 4.25. The molecule has 2 rings (SSSR count). The van der Waals surface area contributed by atoms with Crippen LogP contribution in [0.4, 0.5) is 10.1 Å². The van der Waals surface area contributed by atoms with E-state index in [4.69, 9.17) is 0 Å². The van der Waals surface area contributed by atoms with Gasteiger partial charge in [0.2, 0.25) is 11.1 Å². The summed E-state index contributed by atoms with van der Waals surface area (Å²) >= 11 is 1.23. The number of carbonyl (C=O) groups is 1. The summed E-state index contributed by atoms with van der Waals surface area (Å²) in [5.41, 5.74) is 0.168. The molecular formula is C13H16FN5OS. The quantitative estimate of drug-likeness (QED) is 0.877. The molecule has 0 unspecified atom stereocenters. The first kappa shape index (κ1) is 15.4. The summed E-state index contributed by atoms with van der Waals surface area (Å²) in [6, 6.07) is 5.76. The molecule has 0 atom stereocenters. The van der Waals surface area contributed by atoms with Crippen LogP contribution in [-0.2, 0) is 10.3 Å². The number of halogens is 1. The Labute approximate surface area is 126 Å². The molecule has 0 fully saturated rings. The van der Waals surface area contributed by atoms with Crippen LogP contribution in [0.5, 0.6) is 0 Å². The minimum atomic E-state index is -0.392. The molecule has 2 aromatic rings. The largest absolute Gasteiger partial charge is 0.325 e. The van der Waals surface area contributed by atoms with Crippen molar-refractivity contribution in [2.24, 2.45) is 0 Å². The smallest absolute Gasteiger partial charge is 0.234 e. The Morgan fingerprint density at radius 3 is 2.86 bits per heavy atom. The molecule has 0 bridgehead atoms. The molecule has 112 valence electrons. The van der Waals surface area contributed by atoms with E-state index < -0.39 is 5.82 Å². The van der Waals surface area contributed by atoms with E-state index in [1.807, 2.05) is 20.8 Å². The molecule has 0 aliphatic rings. The maximum atomic E-state index is 13.0. The minimum Gasteiger partial charge on any atom is -0.325 e. The second-order valence-electron chi connectivity index (χ2n) is 5.39. The van der Waals surface area contributed by atoms with E-state index in [-0.39, 0.29) is 17.2 Å². The molecule has 0 radical (unpaired) electrons. The number of benzene rings is 1. The molecule has 1 amide bonds.